The maximum atomic E-state index is 13.2. The van der Waals surface area contributed by atoms with Gasteiger partial charge in [-0.25, -0.2) is 14.5 Å². The van der Waals surface area contributed by atoms with Crippen LogP contribution in [0.4, 0.5) is 16.2 Å². The molecule has 0 saturated carbocycles. The van der Waals surface area contributed by atoms with Gasteiger partial charge in [0.1, 0.15) is 12.2 Å². The second-order valence-corrected chi connectivity index (χ2v) is 9.45. The van der Waals surface area contributed by atoms with E-state index in [2.05, 4.69) is 5.32 Å². The quantitative estimate of drug-likeness (QED) is 0.111. The van der Waals surface area contributed by atoms with Gasteiger partial charge in [0, 0.05) is 12.1 Å². The molecule has 12 nitrogen and oxygen atoms in total. The molecule has 2 N–H and O–H groups in total. The number of carbonyl (C=O) groups excluding carboxylic acids is 3. The number of anilines is 1. The number of nitro groups is 1. The molecule has 0 atom stereocenters. The van der Waals surface area contributed by atoms with E-state index >= 15 is 0 Å². The fourth-order valence-electron chi connectivity index (χ4n) is 3.76. The lowest BCUT2D eigenvalue weighted by molar-refractivity contribution is -0.384. The Kier molecular flexibility index (Phi) is 8.43. The molecule has 0 unspecified atom stereocenters. The van der Waals surface area contributed by atoms with Gasteiger partial charge in [0.25, 0.3) is 17.5 Å². The fraction of sp³-hybridized carbons (Fsp3) is 0.111. The molecular weight excluding hydrogens is 637 g/mol. The molecule has 1 aliphatic heterocycles. The van der Waals surface area contributed by atoms with Gasteiger partial charge in [-0.3, -0.25) is 25.0 Å². The highest BCUT2D eigenvalue weighted by molar-refractivity contribution is 14.1. The van der Waals surface area contributed by atoms with Gasteiger partial charge >= 0.3 is 12.0 Å². The third-order valence-electron chi connectivity index (χ3n) is 5.65. The number of carboxylic acids is 1. The molecule has 3 aromatic rings. The van der Waals surface area contributed by atoms with Gasteiger partial charge in [-0.2, -0.15) is 0 Å². The Morgan fingerprint density at radius 1 is 1.07 bits per heavy atom. The summed E-state index contributed by atoms with van der Waals surface area (Å²) in [6.45, 7) is 2.17. The Morgan fingerprint density at radius 3 is 2.35 bits per heavy atom. The van der Waals surface area contributed by atoms with Crippen LogP contribution in [0.3, 0.4) is 0 Å². The summed E-state index contributed by atoms with van der Waals surface area (Å²) in [7, 11) is 0. The number of non-ortho nitro benzene ring substituents is 1. The summed E-state index contributed by atoms with van der Waals surface area (Å²) in [5.41, 5.74) is 0.814. The number of ether oxygens (including phenoxy) is 2. The van der Waals surface area contributed by atoms with Crippen molar-refractivity contribution >= 4 is 63.9 Å². The zero-order chi connectivity index (χ0) is 29.0. The smallest absolute Gasteiger partial charge is 0.335 e. The second kappa shape index (κ2) is 11.9. The van der Waals surface area contributed by atoms with Crippen LogP contribution in [-0.2, 0) is 16.2 Å². The summed E-state index contributed by atoms with van der Waals surface area (Å²) >= 11 is 2.02. The van der Waals surface area contributed by atoms with Crippen molar-refractivity contribution in [1.29, 1.82) is 0 Å². The predicted octanol–water partition coefficient (Wildman–Crippen LogP) is 4.54. The van der Waals surface area contributed by atoms with Gasteiger partial charge in [-0.15, -0.1) is 0 Å². The van der Waals surface area contributed by atoms with Crippen LogP contribution >= 0.6 is 22.6 Å². The number of imide groups is 2. The van der Waals surface area contributed by atoms with E-state index in [9.17, 15) is 29.3 Å². The van der Waals surface area contributed by atoms with Crippen molar-refractivity contribution < 1.29 is 38.7 Å². The number of nitrogens with zero attached hydrogens (tertiary/aromatic N) is 2. The van der Waals surface area contributed by atoms with Gasteiger partial charge in [0.05, 0.1) is 26.4 Å². The molecule has 1 saturated heterocycles. The van der Waals surface area contributed by atoms with Crippen molar-refractivity contribution in [3.8, 4) is 11.5 Å². The molecule has 0 bridgehead atoms. The summed E-state index contributed by atoms with van der Waals surface area (Å²) in [4.78, 5) is 60.6. The maximum absolute atomic E-state index is 13.2. The van der Waals surface area contributed by atoms with E-state index in [0.29, 0.717) is 26.2 Å². The Balaban J connectivity index is 1.62. The average molecular weight is 657 g/mol. The first-order chi connectivity index (χ1) is 19.1. The number of amides is 4. The largest absolute Gasteiger partial charge is 0.490 e. The van der Waals surface area contributed by atoms with E-state index < -0.39 is 28.7 Å². The molecule has 4 amide bonds. The van der Waals surface area contributed by atoms with Crippen LogP contribution in [0.2, 0.25) is 0 Å². The first-order valence-electron chi connectivity index (χ1n) is 11.7. The molecule has 0 spiro atoms. The number of halogens is 1. The zero-order valence-electron chi connectivity index (χ0n) is 20.8. The number of nitro benzene ring substituents is 1. The molecule has 13 heteroatoms. The minimum absolute atomic E-state index is 0.0330. The van der Waals surface area contributed by atoms with E-state index in [0.717, 1.165) is 4.90 Å². The SMILES string of the molecule is CCOc1cc(/C=C2\C(=O)NC(=O)N(c3ccc(C(=O)O)cc3)C2=O)cc(I)c1OCc1ccc([N+](=O)[O-])cc1. The molecule has 3 aromatic carbocycles. The number of nitrogens with one attached hydrogen (secondary N) is 1. The van der Waals surface area contributed by atoms with Gasteiger partial charge < -0.3 is 14.6 Å². The standard InChI is InChI=1S/C27H20IN3O9/c1-2-39-22-13-16(12-21(28)23(22)40-14-15-3-7-19(8-4-15)31(37)38)11-20-24(32)29-27(36)30(25(20)33)18-9-5-17(6-10-18)26(34)35/h3-13H,2,14H2,1H3,(H,34,35)(H,29,32,36)/b20-11+. The highest BCUT2D eigenvalue weighted by Gasteiger charge is 2.37. The zero-order valence-corrected chi connectivity index (χ0v) is 22.9. The predicted molar refractivity (Wildman–Crippen MR) is 150 cm³/mol. The lowest BCUT2D eigenvalue weighted by Crippen LogP contribution is -2.54. The topological polar surface area (TPSA) is 165 Å². The molecular formula is C27H20IN3O9. The van der Waals surface area contributed by atoms with Crippen LogP contribution in [0.5, 0.6) is 11.5 Å². The molecule has 0 radical (unpaired) electrons. The molecule has 1 aliphatic rings. The number of rotatable bonds is 9. The number of urea groups is 1. The van der Waals surface area contributed by atoms with Crippen LogP contribution in [0.1, 0.15) is 28.4 Å². The average Bonchev–Trinajstić information content (AvgIpc) is 2.91. The summed E-state index contributed by atoms with van der Waals surface area (Å²) in [6.07, 6.45) is 1.31. The summed E-state index contributed by atoms with van der Waals surface area (Å²) in [5.74, 6) is -2.21. The van der Waals surface area contributed by atoms with E-state index in [1.807, 2.05) is 22.6 Å². The van der Waals surface area contributed by atoms with Crippen molar-refractivity contribution in [2.75, 3.05) is 11.5 Å². The lowest BCUT2D eigenvalue weighted by Gasteiger charge is -2.26. The van der Waals surface area contributed by atoms with Crippen LogP contribution in [0, 0.1) is 13.7 Å². The van der Waals surface area contributed by atoms with E-state index in [4.69, 9.17) is 14.6 Å². The van der Waals surface area contributed by atoms with E-state index in [-0.39, 0.29) is 35.7 Å². The minimum atomic E-state index is -1.17. The molecule has 0 aliphatic carbocycles. The number of barbiturate groups is 1. The first kappa shape index (κ1) is 28.2. The van der Waals surface area contributed by atoms with Crippen LogP contribution in [0.15, 0.2) is 66.2 Å². The summed E-state index contributed by atoms with van der Waals surface area (Å²) in [6, 6.07) is 13.3. The summed E-state index contributed by atoms with van der Waals surface area (Å²) in [5, 5.41) is 22.1. The Hall–Kier alpha value is -4.79. The number of benzene rings is 3. The lowest BCUT2D eigenvalue weighted by atomic mass is 10.1. The number of hydrogen-bond acceptors (Lipinski definition) is 8. The summed E-state index contributed by atoms with van der Waals surface area (Å²) < 4.78 is 12.3. The maximum Gasteiger partial charge on any atom is 0.335 e. The molecule has 0 aromatic heterocycles. The van der Waals surface area contributed by atoms with Gasteiger partial charge in [-0.1, -0.05) is 0 Å². The van der Waals surface area contributed by atoms with E-state index in [1.54, 1.807) is 31.2 Å². The molecule has 204 valence electrons. The van der Waals surface area contributed by atoms with Crippen molar-refractivity contribution in [2.45, 2.75) is 13.5 Å². The van der Waals surface area contributed by atoms with Crippen LogP contribution in [0.25, 0.3) is 6.08 Å². The third kappa shape index (κ3) is 6.09. The van der Waals surface area contributed by atoms with Gasteiger partial charge in [0.15, 0.2) is 11.5 Å². The van der Waals surface area contributed by atoms with Crippen molar-refractivity contribution in [3.63, 3.8) is 0 Å². The highest BCUT2D eigenvalue weighted by Crippen LogP contribution is 2.36. The van der Waals surface area contributed by atoms with Crippen molar-refractivity contribution in [3.05, 3.63) is 96.6 Å². The Bertz CT molecular complexity index is 1550. The molecule has 1 heterocycles. The molecule has 1 fully saturated rings. The monoisotopic (exact) mass is 657 g/mol. The Morgan fingerprint density at radius 2 is 1.75 bits per heavy atom. The van der Waals surface area contributed by atoms with E-state index in [1.165, 1.54) is 42.5 Å². The number of carboxylic acid groups (broad SMARTS) is 1. The number of hydrogen-bond donors (Lipinski definition) is 2. The van der Waals surface area contributed by atoms with Gasteiger partial charge in [0.2, 0.25) is 0 Å². The second-order valence-electron chi connectivity index (χ2n) is 8.29. The fourth-order valence-corrected chi connectivity index (χ4v) is 4.54. The Labute approximate surface area is 240 Å². The third-order valence-corrected chi connectivity index (χ3v) is 6.45. The highest BCUT2D eigenvalue weighted by atomic mass is 127. The molecule has 40 heavy (non-hydrogen) atoms. The van der Waals surface area contributed by atoms with Crippen molar-refractivity contribution in [1.82, 2.24) is 5.32 Å². The van der Waals surface area contributed by atoms with Crippen LogP contribution < -0.4 is 19.7 Å². The normalized spacial score (nSPS) is 14.2. The number of carbonyl (C=O) groups is 4. The van der Waals surface area contributed by atoms with Crippen molar-refractivity contribution in [2.24, 2.45) is 0 Å². The molecule has 4 rings (SSSR count). The van der Waals surface area contributed by atoms with Gasteiger partial charge in [-0.05, 0) is 95.2 Å². The number of aromatic carboxylic acids is 1. The van der Waals surface area contributed by atoms with Crippen LogP contribution in [-0.4, -0.2) is 40.5 Å². The minimum Gasteiger partial charge on any atom is -0.490 e. The first-order valence-corrected chi connectivity index (χ1v) is 12.7.